The molecule has 4 heteroatoms. The van der Waals surface area contributed by atoms with E-state index in [0.29, 0.717) is 12.3 Å². The fraction of sp³-hybridized carbons (Fsp3) is 0.414. The fourth-order valence-corrected chi connectivity index (χ4v) is 6.26. The largest absolute Gasteiger partial charge is 0.358 e. The molecular weight excluding hydrogens is 406 g/mol. The van der Waals surface area contributed by atoms with Crippen LogP contribution in [-0.2, 0) is 24.1 Å². The van der Waals surface area contributed by atoms with Gasteiger partial charge in [-0.15, -0.1) is 0 Å². The van der Waals surface area contributed by atoms with E-state index in [1.165, 1.54) is 55.7 Å². The summed E-state index contributed by atoms with van der Waals surface area (Å²) in [7, 11) is 0. The van der Waals surface area contributed by atoms with Gasteiger partial charge in [0.15, 0.2) is 0 Å². The molecule has 0 saturated heterocycles. The monoisotopic (exact) mass is 439 g/mol. The summed E-state index contributed by atoms with van der Waals surface area (Å²) in [4.78, 5) is 20.6. The molecule has 4 heterocycles. The molecule has 33 heavy (non-hydrogen) atoms. The van der Waals surface area contributed by atoms with Crippen LogP contribution in [0.4, 0.5) is 5.69 Å². The number of aryl methyl sites for hydroxylation is 4. The second-order valence-electron chi connectivity index (χ2n) is 10.1. The summed E-state index contributed by atoms with van der Waals surface area (Å²) in [6.45, 7) is 8.55. The molecule has 0 fully saturated rings. The number of carbonyl (C=O) groups excluding carboxylic acids is 1. The van der Waals surface area contributed by atoms with Crippen LogP contribution in [0.5, 0.6) is 0 Å². The van der Waals surface area contributed by atoms with Gasteiger partial charge in [-0.2, -0.15) is 0 Å². The molecule has 0 atom stereocenters. The molecule has 3 aliphatic rings. The van der Waals surface area contributed by atoms with Gasteiger partial charge in [0.25, 0.3) is 0 Å². The lowest BCUT2D eigenvalue weighted by atomic mass is 9.89. The molecule has 0 unspecified atom stereocenters. The van der Waals surface area contributed by atoms with Crippen LogP contribution >= 0.6 is 0 Å². The van der Waals surface area contributed by atoms with Crippen molar-refractivity contribution in [3.8, 4) is 0 Å². The Morgan fingerprint density at radius 3 is 2.67 bits per heavy atom. The Balaban J connectivity index is 1.17. The summed E-state index contributed by atoms with van der Waals surface area (Å²) in [5.74, 6) is 0.313. The first-order valence-electron chi connectivity index (χ1n) is 12.5. The summed E-state index contributed by atoms with van der Waals surface area (Å²) < 4.78 is 0. The lowest BCUT2D eigenvalue weighted by Crippen LogP contribution is -2.39. The van der Waals surface area contributed by atoms with E-state index in [4.69, 9.17) is 0 Å². The molecular formula is C29H33N3O. The zero-order valence-electron chi connectivity index (χ0n) is 19.8. The highest BCUT2D eigenvalue weighted by Gasteiger charge is 2.29. The molecule has 6 rings (SSSR count). The van der Waals surface area contributed by atoms with E-state index in [9.17, 15) is 4.79 Å². The van der Waals surface area contributed by atoms with Crippen LogP contribution in [0.3, 0.4) is 0 Å². The van der Waals surface area contributed by atoms with Gasteiger partial charge in [0, 0.05) is 54.8 Å². The lowest BCUT2D eigenvalue weighted by molar-refractivity contribution is -0.119. The van der Waals surface area contributed by atoms with Gasteiger partial charge in [-0.05, 0) is 79.8 Å². The number of benzene rings is 2. The van der Waals surface area contributed by atoms with E-state index < -0.39 is 0 Å². The van der Waals surface area contributed by atoms with Crippen molar-refractivity contribution in [2.45, 2.75) is 52.4 Å². The second kappa shape index (κ2) is 8.18. The molecule has 0 aliphatic carbocycles. The molecule has 1 aromatic heterocycles. The first kappa shape index (κ1) is 20.7. The van der Waals surface area contributed by atoms with E-state index >= 15 is 0 Å². The Hall–Kier alpha value is -2.85. The van der Waals surface area contributed by atoms with Gasteiger partial charge in [0.2, 0.25) is 5.91 Å². The van der Waals surface area contributed by atoms with Crippen LogP contribution in [0.1, 0.15) is 52.8 Å². The molecule has 2 aromatic carbocycles. The number of nitrogens with one attached hydrogen (secondary N) is 1. The summed E-state index contributed by atoms with van der Waals surface area (Å²) in [6, 6.07) is 11.3. The minimum atomic E-state index is 0.313. The Morgan fingerprint density at radius 1 is 1.00 bits per heavy atom. The SMILES string of the molecule is Cc1[nH]c2cccc(C)c2c1C1=CCN(CCc2cc3c4c(c2)CCC(=O)N4CCC3)CC1. The summed E-state index contributed by atoms with van der Waals surface area (Å²) in [5.41, 5.74) is 12.3. The average Bonchev–Trinajstić information content (AvgIpc) is 3.17. The highest BCUT2D eigenvalue weighted by molar-refractivity contribution is 5.98. The van der Waals surface area contributed by atoms with Crippen LogP contribution in [-0.4, -0.2) is 42.0 Å². The Labute approximate surface area is 196 Å². The minimum absolute atomic E-state index is 0.313. The topological polar surface area (TPSA) is 39.3 Å². The molecule has 4 nitrogen and oxygen atoms in total. The fourth-order valence-electron chi connectivity index (χ4n) is 6.26. The van der Waals surface area contributed by atoms with Gasteiger partial charge in [-0.1, -0.05) is 30.3 Å². The molecule has 1 N–H and O–H groups in total. The van der Waals surface area contributed by atoms with Crippen LogP contribution in [0.15, 0.2) is 36.4 Å². The van der Waals surface area contributed by atoms with Crippen LogP contribution in [0.25, 0.3) is 16.5 Å². The van der Waals surface area contributed by atoms with Crippen LogP contribution in [0, 0.1) is 13.8 Å². The number of hydrogen-bond acceptors (Lipinski definition) is 2. The molecule has 3 aromatic rings. The normalized spacial score (nSPS) is 18.5. The van der Waals surface area contributed by atoms with Crippen molar-refractivity contribution >= 4 is 28.1 Å². The molecule has 170 valence electrons. The van der Waals surface area contributed by atoms with Gasteiger partial charge in [-0.25, -0.2) is 0 Å². The average molecular weight is 440 g/mol. The molecule has 0 bridgehead atoms. The Kier molecular flexibility index (Phi) is 5.14. The van der Waals surface area contributed by atoms with Gasteiger partial charge in [0.1, 0.15) is 0 Å². The number of aromatic nitrogens is 1. The predicted octanol–water partition coefficient (Wildman–Crippen LogP) is 5.34. The van der Waals surface area contributed by atoms with Crippen molar-refractivity contribution in [3.63, 3.8) is 0 Å². The van der Waals surface area contributed by atoms with Crippen molar-refractivity contribution < 1.29 is 4.79 Å². The lowest BCUT2D eigenvalue weighted by Gasteiger charge is -2.35. The number of fused-ring (bicyclic) bond motifs is 1. The number of rotatable bonds is 4. The third-order valence-corrected chi connectivity index (χ3v) is 7.89. The molecule has 3 aliphatic heterocycles. The van der Waals surface area contributed by atoms with Crippen molar-refractivity contribution in [2.24, 2.45) is 0 Å². The van der Waals surface area contributed by atoms with Crippen molar-refractivity contribution in [1.29, 1.82) is 0 Å². The third kappa shape index (κ3) is 3.61. The maximum absolute atomic E-state index is 12.3. The van der Waals surface area contributed by atoms with Gasteiger partial charge >= 0.3 is 0 Å². The van der Waals surface area contributed by atoms with E-state index in [0.717, 1.165) is 58.3 Å². The van der Waals surface area contributed by atoms with Gasteiger partial charge in [0.05, 0.1) is 5.69 Å². The van der Waals surface area contributed by atoms with Gasteiger partial charge < -0.3 is 9.88 Å². The standard InChI is InChI=1S/C29H33N3O/c1-19-5-3-7-25-27(19)28(20(2)30-25)22-11-15-31(16-12-22)14-10-21-17-23-6-4-13-32-26(33)9-8-24(18-21)29(23)32/h3,5,7,11,17-18,30H,4,6,8-10,12-16H2,1-2H3. The number of anilines is 1. The quantitative estimate of drug-likeness (QED) is 0.596. The van der Waals surface area contributed by atoms with E-state index in [-0.39, 0.29) is 0 Å². The first-order valence-corrected chi connectivity index (χ1v) is 12.5. The number of nitrogens with zero attached hydrogens (tertiary/aromatic N) is 2. The third-order valence-electron chi connectivity index (χ3n) is 7.89. The smallest absolute Gasteiger partial charge is 0.227 e. The zero-order chi connectivity index (χ0) is 22.5. The summed E-state index contributed by atoms with van der Waals surface area (Å²) >= 11 is 0. The van der Waals surface area contributed by atoms with Crippen molar-refractivity contribution in [1.82, 2.24) is 9.88 Å². The number of hydrogen-bond donors (Lipinski definition) is 1. The highest BCUT2D eigenvalue weighted by atomic mass is 16.2. The Morgan fingerprint density at radius 2 is 1.85 bits per heavy atom. The van der Waals surface area contributed by atoms with Crippen LogP contribution < -0.4 is 4.90 Å². The number of aromatic amines is 1. The molecule has 1 amide bonds. The van der Waals surface area contributed by atoms with E-state index in [1.54, 1.807) is 0 Å². The first-order chi connectivity index (χ1) is 16.1. The zero-order valence-corrected chi connectivity index (χ0v) is 19.8. The van der Waals surface area contributed by atoms with Crippen molar-refractivity contribution in [2.75, 3.05) is 31.1 Å². The second-order valence-corrected chi connectivity index (χ2v) is 10.1. The highest BCUT2D eigenvalue weighted by Crippen LogP contribution is 2.37. The maximum Gasteiger partial charge on any atom is 0.227 e. The van der Waals surface area contributed by atoms with Gasteiger partial charge in [-0.3, -0.25) is 9.69 Å². The number of carbonyl (C=O) groups is 1. The molecule has 0 spiro atoms. The number of H-pyrrole nitrogens is 1. The van der Waals surface area contributed by atoms with E-state index in [2.05, 4.69) is 60.1 Å². The van der Waals surface area contributed by atoms with Crippen LogP contribution in [0.2, 0.25) is 0 Å². The maximum atomic E-state index is 12.3. The summed E-state index contributed by atoms with van der Waals surface area (Å²) in [5, 5.41) is 1.39. The molecule has 0 saturated carbocycles. The van der Waals surface area contributed by atoms with E-state index in [1.807, 2.05) is 4.90 Å². The minimum Gasteiger partial charge on any atom is -0.358 e. The number of amides is 1. The summed E-state index contributed by atoms with van der Waals surface area (Å²) in [6.07, 6.45) is 8.42. The predicted molar refractivity (Wildman–Crippen MR) is 136 cm³/mol. The van der Waals surface area contributed by atoms with Crippen molar-refractivity contribution in [3.05, 3.63) is 69.9 Å². The Bertz CT molecular complexity index is 1260. The molecule has 0 radical (unpaired) electrons.